The maximum absolute atomic E-state index is 12.5. The van der Waals surface area contributed by atoms with Crippen molar-refractivity contribution >= 4 is 45.0 Å². The van der Waals surface area contributed by atoms with Gasteiger partial charge in [-0.3, -0.25) is 9.59 Å². The van der Waals surface area contributed by atoms with Crippen LogP contribution in [0.25, 0.3) is 21.8 Å². The summed E-state index contributed by atoms with van der Waals surface area (Å²) in [7, 11) is 0. The molecule has 0 atom stereocenters. The number of hydrogen-bond acceptors (Lipinski definition) is 2. The van der Waals surface area contributed by atoms with Crippen molar-refractivity contribution in [3.8, 4) is 0 Å². The molecule has 0 radical (unpaired) electrons. The quantitative estimate of drug-likeness (QED) is 0.168. The molecule has 37 heavy (non-hydrogen) atoms. The van der Waals surface area contributed by atoms with Crippen LogP contribution in [-0.4, -0.2) is 21.8 Å². The van der Waals surface area contributed by atoms with E-state index in [4.69, 9.17) is 0 Å². The lowest BCUT2D eigenvalue weighted by Crippen LogP contribution is -2.11. The fourth-order valence-corrected chi connectivity index (χ4v) is 5.30. The van der Waals surface area contributed by atoms with Gasteiger partial charge in [0.1, 0.15) is 0 Å². The molecule has 0 aliphatic rings. The van der Waals surface area contributed by atoms with Gasteiger partial charge in [0, 0.05) is 40.9 Å². The Balaban J connectivity index is 1.73. The van der Waals surface area contributed by atoms with Gasteiger partial charge < -0.3 is 20.6 Å². The van der Waals surface area contributed by atoms with E-state index in [0.29, 0.717) is 12.8 Å². The van der Waals surface area contributed by atoms with Gasteiger partial charge >= 0.3 is 0 Å². The Morgan fingerprint density at radius 2 is 1.16 bits per heavy atom. The molecule has 6 nitrogen and oxygen atoms in total. The minimum atomic E-state index is 0.0511. The molecule has 4 N–H and O–H groups in total. The van der Waals surface area contributed by atoms with E-state index in [1.54, 1.807) is 0 Å². The van der Waals surface area contributed by atoms with E-state index in [0.717, 1.165) is 76.7 Å². The standard InChI is InChI=1S/C31H40N4O2/c1-6-9-17-26(36)32-24-15-11-13-22-19(4)28(34-30(22)24)21(8-3)29-20(5)23-14-12-16-25(31(23)35-29)33-27(37)18-10-7-2/h11-16,21,34-35H,6-10,17-18H2,1-5H3,(H,32,36)(H,33,37). The lowest BCUT2D eigenvalue weighted by Gasteiger charge is -2.15. The van der Waals surface area contributed by atoms with Gasteiger partial charge in [-0.15, -0.1) is 0 Å². The molecule has 0 bridgehead atoms. The Labute approximate surface area is 219 Å². The Kier molecular flexibility index (Phi) is 8.37. The van der Waals surface area contributed by atoms with Crippen LogP contribution in [0.15, 0.2) is 36.4 Å². The van der Waals surface area contributed by atoms with E-state index in [2.05, 4.69) is 67.4 Å². The van der Waals surface area contributed by atoms with Crippen LogP contribution in [0.2, 0.25) is 0 Å². The van der Waals surface area contributed by atoms with E-state index in [1.165, 1.54) is 11.1 Å². The number of aromatic amines is 2. The minimum absolute atomic E-state index is 0.0511. The molecule has 2 amide bonds. The summed E-state index contributed by atoms with van der Waals surface area (Å²) in [6, 6.07) is 12.2. The molecule has 196 valence electrons. The number of para-hydroxylation sites is 2. The Morgan fingerprint density at radius 3 is 1.54 bits per heavy atom. The van der Waals surface area contributed by atoms with Crippen molar-refractivity contribution in [1.82, 2.24) is 9.97 Å². The second-order valence-corrected chi connectivity index (χ2v) is 10.0. The van der Waals surface area contributed by atoms with Crippen LogP contribution in [0.4, 0.5) is 11.4 Å². The van der Waals surface area contributed by atoms with Crippen LogP contribution in [0.5, 0.6) is 0 Å². The lowest BCUT2D eigenvalue weighted by atomic mass is 9.92. The first-order valence-corrected chi connectivity index (χ1v) is 13.7. The molecule has 0 unspecified atom stereocenters. The Bertz CT molecular complexity index is 1310. The maximum atomic E-state index is 12.5. The van der Waals surface area contributed by atoms with Crippen molar-refractivity contribution < 1.29 is 9.59 Å². The number of benzene rings is 2. The van der Waals surface area contributed by atoms with Crippen LogP contribution in [0.1, 0.15) is 94.1 Å². The number of amides is 2. The molecule has 0 saturated heterocycles. The van der Waals surface area contributed by atoms with Gasteiger partial charge in [-0.1, -0.05) is 57.9 Å². The van der Waals surface area contributed by atoms with Crippen LogP contribution in [-0.2, 0) is 9.59 Å². The molecule has 2 aromatic carbocycles. The van der Waals surface area contributed by atoms with Gasteiger partial charge in [-0.2, -0.15) is 0 Å². The third-order valence-electron chi connectivity index (χ3n) is 7.43. The van der Waals surface area contributed by atoms with Gasteiger partial charge in [-0.25, -0.2) is 0 Å². The van der Waals surface area contributed by atoms with Crippen LogP contribution < -0.4 is 10.6 Å². The lowest BCUT2D eigenvalue weighted by molar-refractivity contribution is -0.117. The second-order valence-electron chi connectivity index (χ2n) is 10.0. The number of rotatable bonds is 11. The van der Waals surface area contributed by atoms with E-state index in [-0.39, 0.29) is 17.7 Å². The van der Waals surface area contributed by atoms with E-state index in [9.17, 15) is 9.59 Å². The van der Waals surface area contributed by atoms with E-state index in [1.807, 2.05) is 24.3 Å². The Morgan fingerprint density at radius 1 is 0.730 bits per heavy atom. The molecule has 4 rings (SSSR count). The number of anilines is 2. The highest BCUT2D eigenvalue weighted by Crippen LogP contribution is 2.39. The summed E-state index contributed by atoms with van der Waals surface area (Å²) in [5, 5.41) is 8.47. The fourth-order valence-electron chi connectivity index (χ4n) is 5.30. The van der Waals surface area contributed by atoms with Crippen molar-refractivity contribution in [3.63, 3.8) is 0 Å². The van der Waals surface area contributed by atoms with Gasteiger partial charge in [0.15, 0.2) is 0 Å². The third-order valence-corrected chi connectivity index (χ3v) is 7.43. The maximum Gasteiger partial charge on any atom is 0.224 e. The molecule has 2 heterocycles. The molecule has 0 spiro atoms. The van der Waals surface area contributed by atoms with Crippen molar-refractivity contribution in [2.45, 2.75) is 85.5 Å². The normalized spacial score (nSPS) is 11.5. The predicted molar refractivity (Wildman–Crippen MR) is 155 cm³/mol. The molecule has 2 aromatic heterocycles. The number of aromatic nitrogens is 2. The summed E-state index contributed by atoms with van der Waals surface area (Å²) >= 11 is 0. The summed E-state index contributed by atoms with van der Waals surface area (Å²) < 4.78 is 0. The molecule has 0 aliphatic carbocycles. The first-order chi connectivity index (χ1) is 17.9. The van der Waals surface area contributed by atoms with Crippen molar-refractivity contribution in [2.24, 2.45) is 0 Å². The highest BCUT2D eigenvalue weighted by molar-refractivity contribution is 6.03. The summed E-state index contributed by atoms with van der Waals surface area (Å²) in [4.78, 5) is 32.3. The van der Waals surface area contributed by atoms with Gasteiger partial charge in [-0.05, 0) is 56.4 Å². The average Bonchev–Trinajstić information content (AvgIpc) is 3.41. The number of H-pyrrole nitrogens is 2. The summed E-state index contributed by atoms with van der Waals surface area (Å²) in [5.41, 5.74) is 8.27. The molecule has 0 fully saturated rings. The second kappa shape index (κ2) is 11.7. The van der Waals surface area contributed by atoms with Crippen LogP contribution in [0, 0.1) is 13.8 Å². The molecule has 6 heteroatoms. The zero-order valence-electron chi connectivity index (χ0n) is 22.8. The Hall–Kier alpha value is -3.54. The SMILES string of the molecule is CCCCC(=O)Nc1cccc2c(C)c(C(CC)c3[nH]c4c(NC(=O)CCCC)cccc4c3C)[nH]c12. The fraction of sp³-hybridized carbons (Fsp3) is 0.419. The third kappa shape index (κ3) is 5.43. The monoisotopic (exact) mass is 500 g/mol. The highest BCUT2D eigenvalue weighted by atomic mass is 16.2. The topological polar surface area (TPSA) is 89.8 Å². The number of nitrogens with one attached hydrogen (secondary N) is 4. The molecule has 0 saturated carbocycles. The predicted octanol–water partition coefficient (Wildman–Crippen LogP) is 8.07. The number of hydrogen-bond donors (Lipinski definition) is 4. The van der Waals surface area contributed by atoms with Gasteiger partial charge in [0.25, 0.3) is 0 Å². The van der Waals surface area contributed by atoms with Crippen molar-refractivity contribution in [2.75, 3.05) is 10.6 Å². The summed E-state index contributed by atoms with van der Waals surface area (Å²) in [6.07, 6.45) is 5.72. The van der Waals surface area contributed by atoms with Crippen LogP contribution >= 0.6 is 0 Å². The zero-order valence-corrected chi connectivity index (χ0v) is 22.8. The summed E-state index contributed by atoms with van der Waals surface area (Å²) in [5.74, 6) is 0.220. The smallest absolute Gasteiger partial charge is 0.224 e. The van der Waals surface area contributed by atoms with E-state index >= 15 is 0 Å². The van der Waals surface area contributed by atoms with E-state index < -0.39 is 0 Å². The number of carbonyl (C=O) groups is 2. The number of unbranched alkanes of at least 4 members (excludes halogenated alkanes) is 2. The minimum Gasteiger partial charge on any atom is -0.356 e. The van der Waals surface area contributed by atoms with Gasteiger partial charge in [0.2, 0.25) is 11.8 Å². The number of carbonyl (C=O) groups excluding carboxylic acids is 2. The van der Waals surface area contributed by atoms with Crippen LogP contribution in [0.3, 0.4) is 0 Å². The number of fused-ring (bicyclic) bond motifs is 2. The molecule has 4 aromatic rings. The molecule has 0 aliphatic heterocycles. The summed E-state index contributed by atoms with van der Waals surface area (Å²) in [6.45, 7) is 10.7. The zero-order chi connectivity index (χ0) is 26.5. The van der Waals surface area contributed by atoms with Crippen molar-refractivity contribution in [3.05, 3.63) is 58.9 Å². The first kappa shape index (κ1) is 26.5. The number of aryl methyl sites for hydroxylation is 2. The largest absolute Gasteiger partial charge is 0.356 e. The van der Waals surface area contributed by atoms with Gasteiger partial charge in [0.05, 0.1) is 22.4 Å². The van der Waals surface area contributed by atoms with Crippen molar-refractivity contribution in [1.29, 1.82) is 0 Å². The first-order valence-electron chi connectivity index (χ1n) is 13.7. The molecular weight excluding hydrogens is 460 g/mol. The molecular formula is C31H40N4O2. The average molecular weight is 501 g/mol. The highest BCUT2D eigenvalue weighted by Gasteiger charge is 2.24.